The Bertz CT molecular complexity index is 638. The van der Waals surface area contributed by atoms with Crippen LogP contribution in [0.2, 0.25) is 5.15 Å². The fraction of sp³-hybridized carbons (Fsp3) is 0.471. The molecule has 0 unspecified atom stereocenters. The highest BCUT2D eigenvalue weighted by Gasteiger charge is 2.22. The third-order valence-electron chi connectivity index (χ3n) is 4.40. The van der Waals surface area contributed by atoms with Crippen molar-refractivity contribution < 1.29 is 4.74 Å². The quantitative estimate of drug-likeness (QED) is 0.464. The lowest BCUT2D eigenvalue weighted by Gasteiger charge is -2.28. The van der Waals surface area contributed by atoms with Gasteiger partial charge < -0.3 is 4.74 Å². The Hall–Kier alpha value is -0.550. The van der Waals surface area contributed by atoms with Crippen LogP contribution in [0.4, 0.5) is 0 Å². The van der Waals surface area contributed by atoms with Crippen LogP contribution in [0.15, 0.2) is 24.3 Å². The first-order chi connectivity index (χ1) is 10.2. The van der Waals surface area contributed by atoms with Gasteiger partial charge in [0.2, 0.25) is 0 Å². The fourth-order valence-electron chi connectivity index (χ4n) is 3.05. The van der Waals surface area contributed by atoms with E-state index in [1.807, 2.05) is 24.3 Å². The maximum atomic E-state index is 6.25. The maximum absolute atomic E-state index is 6.25. The normalized spacial score (nSPS) is 22.4. The van der Waals surface area contributed by atoms with Crippen molar-refractivity contribution >= 4 is 45.1 Å². The molecule has 1 aliphatic rings. The lowest BCUT2D eigenvalue weighted by Crippen LogP contribution is -2.24. The molecule has 2 aromatic rings. The topological polar surface area (TPSA) is 22.1 Å². The largest absolute Gasteiger partial charge is 0.489 e. The van der Waals surface area contributed by atoms with Crippen LogP contribution in [0.3, 0.4) is 0 Å². The minimum atomic E-state index is 0.360. The summed E-state index contributed by atoms with van der Waals surface area (Å²) in [6.07, 6.45) is 6.59. The summed E-state index contributed by atoms with van der Waals surface area (Å²) >= 11 is 8.30. The van der Waals surface area contributed by atoms with Crippen LogP contribution in [-0.2, 0) is 0 Å². The van der Waals surface area contributed by atoms with Crippen molar-refractivity contribution in [2.45, 2.75) is 45.1 Å². The number of ether oxygens (including phenoxy) is 1. The first-order valence-corrected chi connectivity index (χ1v) is 9.04. The Kier molecular flexibility index (Phi) is 4.89. The second-order valence-corrected chi connectivity index (χ2v) is 7.21. The molecule has 0 atom stereocenters. The summed E-state index contributed by atoms with van der Waals surface area (Å²) in [6.45, 7) is 2.29. The molecule has 21 heavy (non-hydrogen) atoms. The lowest BCUT2D eigenvalue weighted by molar-refractivity contribution is 0.129. The average Bonchev–Trinajstić information content (AvgIpc) is 2.51. The Morgan fingerprint density at radius 2 is 1.95 bits per heavy atom. The zero-order valence-electron chi connectivity index (χ0n) is 12.1. The van der Waals surface area contributed by atoms with Crippen LogP contribution in [-0.4, -0.2) is 11.1 Å². The van der Waals surface area contributed by atoms with Gasteiger partial charge in [-0.1, -0.05) is 24.9 Å². The number of hydrogen-bond donors (Lipinski definition) is 0. The van der Waals surface area contributed by atoms with Crippen molar-refractivity contribution in [3.05, 3.63) is 33.0 Å². The predicted octanol–water partition coefficient (Wildman–Crippen LogP) is 5.84. The van der Waals surface area contributed by atoms with E-state index in [2.05, 4.69) is 34.5 Å². The van der Waals surface area contributed by atoms with Gasteiger partial charge in [0, 0.05) is 5.39 Å². The van der Waals surface area contributed by atoms with Gasteiger partial charge in [0.05, 0.1) is 15.2 Å². The molecule has 3 rings (SSSR count). The maximum Gasteiger partial charge on any atom is 0.133 e. The molecule has 0 saturated heterocycles. The Morgan fingerprint density at radius 1 is 1.19 bits per heavy atom. The predicted molar refractivity (Wildman–Crippen MR) is 96.1 cm³/mol. The third-order valence-corrected chi connectivity index (χ3v) is 5.72. The van der Waals surface area contributed by atoms with Gasteiger partial charge in [0.1, 0.15) is 10.9 Å². The van der Waals surface area contributed by atoms with E-state index in [9.17, 15) is 0 Å². The van der Waals surface area contributed by atoms with E-state index in [0.717, 1.165) is 26.1 Å². The summed E-state index contributed by atoms with van der Waals surface area (Å²) in [5.74, 6) is 1.87. The Balaban J connectivity index is 1.78. The van der Waals surface area contributed by atoms with Gasteiger partial charge in [-0.15, -0.1) is 0 Å². The number of aromatic nitrogens is 1. The first kappa shape index (κ1) is 15.3. The molecule has 0 spiro atoms. The van der Waals surface area contributed by atoms with Gasteiger partial charge in [-0.3, -0.25) is 0 Å². The van der Waals surface area contributed by atoms with E-state index in [4.69, 9.17) is 16.3 Å². The van der Waals surface area contributed by atoms with E-state index < -0.39 is 0 Å². The number of hydrogen-bond acceptors (Lipinski definition) is 2. The first-order valence-electron chi connectivity index (χ1n) is 7.58. The summed E-state index contributed by atoms with van der Waals surface area (Å²) in [5.41, 5.74) is 0.925. The highest BCUT2D eigenvalue weighted by Crippen LogP contribution is 2.34. The van der Waals surface area contributed by atoms with Crippen LogP contribution >= 0.6 is 34.2 Å². The Morgan fingerprint density at radius 3 is 2.67 bits per heavy atom. The van der Waals surface area contributed by atoms with Crippen molar-refractivity contribution in [1.29, 1.82) is 0 Å². The van der Waals surface area contributed by atoms with E-state index in [0.29, 0.717) is 11.3 Å². The molecular formula is C17H19ClINO. The standard InChI is InChI=1S/C17H19ClINO/c1-2-11-3-5-12(6-4-11)21-15-9-8-14-13(17(15)19)7-10-16(18)20-14/h7-12H,2-6H2,1H3/t11-,12+. The number of halogens is 2. The SMILES string of the molecule is CC[C@H]1CC[C@@H](Oc2ccc3nc(Cl)ccc3c2I)CC1. The molecule has 112 valence electrons. The average molecular weight is 416 g/mol. The van der Waals surface area contributed by atoms with Crippen LogP contribution in [0, 0.1) is 9.49 Å². The molecule has 0 N–H and O–H groups in total. The van der Waals surface area contributed by atoms with Crippen molar-refractivity contribution in [3.63, 3.8) is 0 Å². The molecule has 0 radical (unpaired) electrons. The molecule has 0 aliphatic heterocycles. The van der Waals surface area contributed by atoms with Crippen LogP contribution in [0.1, 0.15) is 39.0 Å². The molecule has 1 aromatic heterocycles. The summed E-state index contributed by atoms with van der Waals surface area (Å²) in [5, 5.41) is 1.64. The molecule has 1 heterocycles. The van der Waals surface area contributed by atoms with Gasteiger partial charge in [-0.05, 0) is 78.5 Å². The van der Waals surface area contributed by atoms with Gasteiger partial charge in [-0.2, -0.15) is 0 Å². The van der Waals surface area contributed by atoms with Gasteiger partial charge >= 0.3 is 0 Å². The number of pyridine rings is 1. The van der Waals surface area contributed by atoms with Crippen LogP contribution < -0.4 is 4.74 Å². The zero-order valence-corrected chi connectivity index (χ0v) is 15.0. The second kappa shape index (κ2) is 6.69. The minimum Gasteiger partial charge on any atom is -0.489 e. The molecule has 1 fully saturated rings. The summed E-state index contributed by atoms with van der Waals surface area (Å²) in [6, 6.07) is 7.88. The molecule has 1 aromatic carbocycles. The second-order valence-electron chi connectivity index (χ2n) is 5.75. The highest BCUT2D eigenvalue weighted by atomic mass is 127. The molecular weight excluding hydrogens is 397 g/mol. The van der Waals surface area contributed by atoms with Crippen molar-refractivity contribution in [3.8, 4) is 5.75 Å². The number of fused-ring (bicyclic) bond motifs is 1. The molecule has 1 aliphatic carbocycles. The molecule has 4 heteroatoms. The van der Waals surface area contributed by atoms with Crippen molar-refractivity contribution in [2.75, 3.05) is 0 Å². The van der Waals surface area contributed by atoms with Crippen LogP contribution in [0.5, 0.6) is 5.75 Å². The Labute approximate surface area is 144 Å². The zero-order chi connectivity index (χ0) is 14.8. The van der Waals surface area contributed by atoms with Crippen LogP contribution in [0.25, 0.3) is 10.9 Å². The molecule has 0 bridgehead atoms. The van der Waals surface area contributed by atoms with Gasteiger partial charge in [-0.25, -0.2) is 4.98 Å². The number of nitrogens with zero attached hydrogens (tertiary/aromatic N) is 1. The molecule has 1 saturated carbocycles. The van der Waals surface area contributed by atoms with E-state index in [-0.39, 0.29) is 0 Å². The van der Waals surface area contributed by atoms with E-state index >= 15 is 0 Å². The number of rotatable bonds is 3. The number of benzene rings is 1. The van der Waals surface area contributed by atoms with E-state index in [1.54, 1.807) is 0 Å². The fourth-order valence-corrected chi connectivity index (χ4v) is 3.97. The monoisotopic (exact) mass is 415 g/mol. The van der Waals surface area contributed by atoms with Crippen molar-refractivity contribution in [2.24, 2.45) is 5.92 Å². The third kappa shape index (κ3) is 3.45. The summed E-state index contributed by atoms with van der Waals surface area (Å²) < 4.78 is 7.38. The smallest absolute Gasteiger partial charge is 0.133 e. The lowest BCUT2D eigenvalue weighted by atomic mass is 9.86. The minimum absolute atomic E-state index is 0.360. The van der Waals surface area contributed by atoms with Gasteiger partial charge in [0.15, 0.2) is 0 Å². The van der Waals surface area contributed by atoms with Gasteiger partial charge in [0.25, 0.3) is 0 Å². The van der Waals surface area contributed by atoms with Crippen molar-refractivity contribution in [1.82, 2.24) is 4.98 Å². The highest BCUT2D eigenvalue weighted by molar-refractivity contribution is 14.1. The summed E-state index contributed by atoms with van der Waals surface area (Å²) in [7, 11) is 0. The molecule has 2 nitrogen and oxygen atoms in total. The summed E-state index contributed by atoms with van der Waals surface area (Å²) in [4.78, 5) is 4.35. The van der Waals surface area contributed by atoms with E-state index in [1.165, 1.54) is 32.1 Å². The molecule has 0 amide bonds.